The molecule has 4 N–H and O–H groups in total. The van der Waals surface area contributed by atoms with Crippen molar-refractivity contribution in [3.63, 3.8) is 0 Å². The Kier molecular flexibility index (Phi) is 6.02. The summed E-state index contributed by atoms with van der Waals surface area (Å²) in [7, 11) is 4.02. The molecule has 0 fully saturated rings. The zero-order chi connectivity index (χ0) is 23.9. The van der Waals surface area contributed by atoms with Crippen molar-refractivity contribution in [2.24, 2.45) is 0 Å². The summed E-state index contributed by atoms with van der Waals surface area (Å²) in [5, 5.41) is 9.71. The van der Waals surface area contributed by atoms with Gasteiger partial charge in [0.25, 0.3) is 5.91 Å². The van der Waals surface area contributed by atoms with E-state index < -0.39 is 0 Å². The highest BCUT2D eigenvalue weighted by molar-refractivity contribution is 6.38. The standard InChI is InChI=1S/C23H29ClN8O/c1-23(2,3)32-21-16(20(25)27-12-28-21)18(30-32)19-17(24)14-8-7-13(11-15(14)29-19)22(33)26-9-6-10-31(4)5/h7-8,11-12,29H,6,9-10H2,1-5H3,(H,26,33)(H2,25,27,28). The molecule has 4 aromatic rings. The Morgan fingerprint density at radius 3 is 2.73 bits per heavy atom. The number of halogens is 1. The van der Waals surface area contributed by atoms with Gasteiger partial charge in [-0.25, -0.2) is 14.6 Å². The van der Waals surface area contributed by atoms with Crippen LogP contribution in [0.4, 0.5) is 5.82 Å². The molecule has 0 unspecified atom stereocenters. The third-order valence-corrected chi connectivity index (χ3v) is 5.82. The number of aromatic nitrogens is 5. The number of hydrogen-bond acceptors (Lipinski definition) is 6. The first-order chi connectivity index (χ1) is 15.6. The highest BCUT2D eigenvalue weighted by atomic mass is 35.5. The average molecular weight is 469 g/mol. The molecule has 10 heteroatoms. The molecular formula is C23H29ClN8O. The summed E-state index contributed by atoms with van der Waals surface area (Å²) < 4.78 is 1.82. The molecule has 0 saturated heterocycles. The lowest BCUT2D eigenvalue weighted by Gasteiger charge is -2.19. The molecule has 0 saturated carbocycles. The van der Waals surface area contributed by atoms with Gasteiger partial charge in [-0.2, -0.15) is 5.10 Å². The van der Waals surface area contributed by atoms with Gasteiger partial charge in [-0.3, -0.25) is 4.79 Å². The molecule has 0 aliphatic heterocycles. The fourth-order valence-electron chi connectivity index (χ4n) is 3.78. The minimum absolute atomic E-state index is 0.122. The molecule has 3 aromatic heterocycles. The summed E-state index contributed by atoms with van der Waals surface area (Å²) >= 11 is 6.76. The summed E-state index contributed by atoms with van der Waals surface area (Å²) in [6.45, 7) is 7.64. The van der Waals surface area contributed by atoms with Crippen molar-refractivity contribution in [3.8, 4) is 11.4 Å². The topological polar surface area (TPSA) is 118 Å². The molecule has 4 rings (SSSR count). The largest absolute Gasteiger partial charge is 0.383 e. The molecule has 1 amide bonds. The van der Waals surface area contributed by atoms with E-state index in [2.05, 4.69) is 25.2 Å². The summed E-state index contributed by atoms with van der Waals surface area (Å²) in [6.07, 6.45) is 2.31. The number of H-pyrrole nitrogens is 1. The summed E-state index contributed by atoms with van der Waals surface area (Å²) in [4.78, 5) is 26.6. The maximum Gasteiger partial charge on any atom is 0.251 e. The molecule has 0 bridgehead atoms. The third kappa shape index (κ3) is 4.38. The minimum atomic E-state index is -0.326. The van der Waals surface area contributed by atoms with E-state index in [0.717, 1.165) is 23.9 Å². The van der Waals surface area contributed by atoms with Gasteiger partial charge in [-0.1, -0.05) is 17.7 Å². The van der Waals surface area contributed by atoms with Crippen molar-refractivity contribution in [2.45, 2.75) is 32.7 Å². The van der Waals surface area contributed by atoms with E-state index in [1.54, 1.807) is 12.1 Å². The Morgan fingerprint density at radius 1 is 1.27 bits per heavy atom. The quantitative estimate of drug-likeness (QED) is 0.372. The number of hydrogen-bond donors (Lipinski definition) is 3. The average Bonchev–Trinajstić information content (AvgIpc) is 3.29. The summed E-state index contributed by atoms with van der Waals surface area (Å²) in [5.41, 5.74) is 9.02. The van der Waals surface area contributed by atoms with Gasteiger partial charge in [0.05, 0.1) is 21.6 Å². The number of rotatable bonds is 6. The van der Waals surface area contributed by atoms with Gasteiger partial charge >= 0.3 is 0 Å². The van der Waals surface area contributed by atoms with Crippen LogP contribution in [0.25, 0.3) is 33.3 Å². The predicted molar refractivity (Wildman–Crippen MR) is 133 cm³/mol. The first-order valence-electron chi connectivity index (χ1n) is 10.8. The Morgan fingerprint density at radius 2 is 2.03 bits per heavy atom. The van der Waals surface area contributed by atoms with E-state index >= 15 is 0 Å². The monoisotopic (exact) mass is 468 g/mol. The van der Waals surface area contributed by atoms with E-state index in [9.17, 15) is 4.79 Å². The Hall–Kier alpha value is -3.17. The Bertz CT molecular complexity index is 1330. The molecule has 33 heavy (non-hydrogen) atoms. The van der Waals surface area contributed by atoms with Crippen LogP contribution in [0.5, 0.6) is 0 Å². The zero-order valence-electron chi connectivity index (χ0n) is 19.5. The van der Waals surface area contributed by atoms with Crippen molar-refractivity contribution in [2.75, 3.05) is 32.9 Å². The van der Waals surface area contributed by atoms with Crippen molar-refractivity contribution in [1.82, 2.24) is 34.9 Å². The number of nitrogens with zero attached hydrogens (tertiary/aromatic N) is 5. The Balaban J connectivity index is 1.74. The Labute approximate surface area is 197 Å². The number of anilines is 1. The fourth-order valence-corrected chi connectivity index (χ4v) is 4.09. The molecule has 0 spiro atoms. The number of carbonyl (C=O) groups excluding carboxylic acids is 1. The van der Waals surface area contributed by atoms with Crippen LogP contribution in [0.2, 0.25) is 5.02 Å². The van der Waals surface area contributed by atoms with Crippen LogP contribution in [-0.4, -0.2) is 62.7 Å². The van der Waals surface area contributed by atoms with Crippen molar-refractivity contribution < 1.29 is 4.79 Å². The van der Waals surface area contributed by atoms with E-state index in [4.69, 9.17) is 22.4 Å². The number of nitrogens with one attached hydrogen (secondary N) is 2. The SMILES string of the molecule is CN(C)CCCNC(=O)c1ccc2c(Cl)c(-c3nn(C(C)(C)C)c4ncnc(N)c34)[nH]c2c1. The van der Waals surface area contributed by atoms with Crippen LogP contribution in [0, 0.1) is 0 Å². The highest BCUT2D eigenvalue weighted by Gasteiger charge is 2.26. The van der Waals surface area contributed by atoms with Crippen LogP contribution >= 0.6 is 11.6 Å². The number of nitrogens with two attached hydrogens (primary N) is 1. The lowest BCUT2D eigenvalue weighted by atomic mass is 10.1. The fraction of sp³-hybridized carbons (Fsp3) is 0.391. The van der Waals surface area contributed by atoms with Gasteiger partial charge in [0.2, 0.25) is 0 Å². The van der Waals surface area contributed by atoms with E-state index in [1.165, 1.54) is 6.33 Å². The maximum absolute atomic E-state index is 12.6. The second-order valence-electron chi connectivity index (χ2n) is 9.38. The van der Waals surface area contributed by atoms with Gasteiger partial charge in [-0.15, -0.1) is 0 Å². The first-order valence-corrected chi connectivity index (χ1v) is 11.2. The number of nitrogen functional groups attached to an aromatic ring is 1. The summed E-state index contributed by atoms with van der Waals surface area (Å²) in [5.74, 6) is 0.209. The molecule has 9 nitrogen and oxygen atoms in total. The van der Waals surface area contributed by atoms with Crippen LogP contribution in [0.1, 0.15) is 37.6 Å². The van der Waals surface area contributed by atoms with Gasteiger partial charge < -0.3 is 20.9 Å². The molecule has 0 aliphatic rings. The van der Waals surface area contributed by atoms with E-state index in [0.29, 0.717) is 45.4 Å². The maximum atomic E-state index is 12.6. The lowest BCUT2D eigenvalue weighted by molar-refractivity contribution is 0.0952. The van der Waals surface area contributed by atoms with Crippen LogP contribution < -0.4 is 11.1 Å². The summed E-state index contributed by atoms with van der Waals surface area (Å²) in [6, 6.07) is 5.42. The minimum Gasteiger partial charge on any atom is -0.383 e. The smallest absolute Gasteiger partial charge is 0.251 e. The predicted octanol–water partition coefficient (Wildman–Crippen LogP) is 3.65. The third-order valence-electron chi connectivity index (χ3n) is 5.43. The number of carbonyl (C=O) groups is 1. The number of fused-ring (bicyclic) bond motifs is 2. The lowest BCUT2D eigenvalue weighted by Crippen LogP contribution is -2.27. The van der Waals surface area contributed by atoms with Gasteiger partial charge in [-0.05, 0) is 60.0 Å². The molecule has 1 aromatic carbocycles. The molecular weight excluding hydrogens is 440 g/mol. The molecule has 0 atom stereocenters. The molecule has 0 aliphatic carbocycles. The number of aromatic amines is 1. The van der Waals surface area contributed by atoms with Crippen LogP contribution in [0.3, 0.4) is 0 Å². The second-order valence-corrected chi connectivity index (χ2v) is 9.75. The highest BCUT2D eigenvalue weighted by Crippen LogP contribution is 2.39. The second kappa shape index (κ2) is 8.64. The van der Waals surface area contributed by atoms with Crippen LogP contribution in [-0.2, 0) is 5.54 Å². The normalized spacial score (nSPS) is 12.2. The number of benzene rings is 1. The van der Waals surface area contributed by atoms with Crippen molar-refractivity contribution in [1.29, 1.82) is 0 Å². The van der Waals surface area contributed by atoms with E-state index in [-0.39, 0.29) is 11.4 Å². The molecule has 3 heterocycles. The van der Waals surface area contributed by atoms with E-state index in [1.807, 2.05) is 45.6 Å². The molecule has 0 radical (unpaired) electrons. The van der Waals surface area contributed by atoms with Crippen molar-refractivity contribution in [3.05, 3.63) is 35.1 Å². The first kappa shape index (κ1) is 23.0. The van der Waals surface area contributed by atoms with Gasteiger partial charge in [0, 0.05) is 23.0 Å². The number of amides is 1. The zero-order valence-corrected chi connectivity index (χ0v) is 20.3. The van der Waals surface area contributed by atoms with Gasteiger partial charge in [0.15, 0.2) is 5.65 Å². The van der Waals surface area contributed by atoms with Crippen molar-refractivity contribution >= 4 is 45.3 Å². The van der Waals surface area contributed by atoms with Crippen LogP contribution in [0.15, 0.2) is 24.5 Å². The molecule has 174 valence electrons. The van der Waals surface area contributed by atoms with Gasteiger partial charge in [0.1, 0.15) is 17.8 Å².